The van der Waals surface area contributed by atoms with Crippen LogP contribution in [0.2, 0.25) is 0 Å². The number of esters is 2. The van der Waals surface area contributed by atoms with E-state index in [1.807, 2.05) is 6.07 Å². The third-order valence-electron chi connectivity index (χ3n) is 7.39. The minimum absolute atomic E-state index is 0.00700. The van der Waals surface area contributed by atoms with Gasteiger partial charge in [0.1, 0.15) is 24.5 Å². The number of nitrogens with one attached hydrogen (secondary N) is 3. The van der Waals surface area contributed by atoms with E-state index in [0.29, 0.717) is 17.0 Å². The number of amides is 1. The monoisotopic (exact) mass is 609 g/mol. The molecule has 0 aliphatic carbocycles. The van der Waals surface area contributed by atoms with Crippen molar-refractivity contribution < 1.29 is 38.6 Å². The number of methoxy groups -OCH3 is 2. The van der Waals surface area contributed by atoms with Gasteiger partial charge in [-0.15, -0.1) is 0 Å². The number of ether oxygens (including phenoxy) is 3. The number of carbonyl (C=O) groups is 3. The molecule has 0 saturated carbocycles. The first-order valence-electron chi connectivity index (χ1n) is 13.7. The first-order chi connectivity index (χ1) is 21.0. The Hall–Kier alpha value is -5.00. The summed E-state index contributed by atoms with van der Waals surface area (Å²) in [6.45, 7) is 3.36. The third-order valence-corrected chi connectivity index (χ3v) is 7.39. The molecule has 2 aromatic rings. The van der Waals surface area contributed by atoms with Gasteiger partial charge in [0.05, 0.1) is 30.3 Å². The number of aliphatic hydroxyl groups is 1. The van der Waals surface area contributed by atoms with E-state index in [1.54, 1.807) is 38.1 Å². The van der Waals surface area contributed by atoms with Crippen molar-refractivity contribution in [2.75, 3.05) is 40.5 Å². The van der Waals surface area contributed by atoms with Gasteiger partial charge in [-0.05, 0) is 31.5 Å². The number of hydrogen-bond donors (Lipinski definition) is 4. The number of nitrogens with zero attached hydrogens (tertiary/aromatic N) is 2. The maximum atomic E-state index is 14.0. The Labute approximate surface area is 254 Å². The van der Waals surface area contributed by atoms with E-state index in [0.717, 1.165) is 14.2 Å². The lowest BCUT2D eigenvalue weighted by Gasteiger charge is -2.46. The Kier molecular flexibility index (Phi) is 11.4. The number of allylic oxidation sites excluding steroid dienone is 1. The number of nitro benzene ring substituents is 1. The molecule has 3 rings (SSSR count). The summed E-state index contributed by atoms with van der Waals surface area (Å²) < 4.78 is 15.6. The van der Waals surface area contributed by atoms with Gasteiger partial charge in [0, 0.05) is 49.4 Å². The van der Waals surface area contributed by atoms with Crippen LogP contribution in [0.5, 0.6) is 5.75 Å². The highest BCUT2D eigenvalue weighted by Gasteiger charge is 2.62. The fourth-order valence-corrected chi connectivity index (χ4v) is 5.33. The molecule has 0 radical (unpaired) electrons. The molecule has 44 heavy (non-hydrogen) atoms. The molecule has 0 fully saturated rings. The molecule has 234 valence electrons. The van der Waals surface area contributed by atoms with E-state index in [4.69, 9.17) is 19.5 Å². The molecule has 14 heteroatoms. The summed E-state index contributed by atoms with van der Waals surface area (Å²) in [5.41, 5.74) is -1.57. The number of benzene rings is 2. The van der Waals surface area contributed by atoms with Crippen LogP contribution < -0.4 is 20.7 Å². The summed E-state index contributed by atoms with van der Waals surface area (Å²) in [7, 11) is 2.26. The maximum absolute atomic E-state index is 14.0. The van der Waals surface area contributed by atoms with E-state index >= 15 is 0 Å². The van der Waals surface area contributed by atoms with E-state index < -0.39 is 46.2 Å². The van der Waals surface area contributed by atoms with Crippen molar-refractivity contribution in [2.45, 2.75) is 31.9 Å². The van der Waals surface area contributed by atoms with Crippen molar-refractivity contribution in [3.05, 3.63) is 81.0 Å². The van der Waals surface area contributed by atoms with Crippen LogP contribution in [0.4, 0.5) is 5.69 Å². The van der Waals surface area contributed by atoms with E-state index in [2.05, 4.69) is 16.0 Å². The average Bonchev–Trinajstić information content (AvgIpc) is 3.02. The van der Waals surface area contributed by atoms with Crippen LogP contribution in [-0.4, -0.2) is 80.5 Å². The van der Waals surface area contributed by atoms with Gasteiger partial charge in [-0.25, -0.2) is 4.79 Å². The zero-order chi connectivity index (χ0) is 32.4. The highest BCUT2D eigenvalue weighted by molar-refractivity contribution is 6.08. The zero-order valence-electron chi connectivity index (χ0n) is 24.8. The second-order valence-corrected chi connectivity index (χ2v) is 10.1. The number of hydrogen-bond acceptors (Lipinski definition) is 12. The summed E-state index contributed by atoms with van der Waals surface area (Å²) in [5, 5.41) is 39.8. The number of carbonyl (C=O) groups excluding carboxylic acids is 3. The Bertz CT molecular complexity index is 1470. The molecule has 14 nitrogen and oxygen atoms in total. The first-order valence-corrected chi connectivity index (χ1v) is 13.7. The molecule has 0 aromatic heterocycles. The molecule has 4 atom stereocenters. The fourth-order valence-electron chi connectivity index (χ4n) is 5.33. The normalized spacial score (nSPS) is 20.0. The highest BCUT2D eigenvalue weighted by atomic mass is 16.6. The molecular formula is C30H35N5O9. The van der Waals surface area contributed by atoms with Gasteiger partial charge in [-0.1, -0.05) is 24.3 Å². The average molecular weight is 610 g/mol. The molecule has 1 amide bonds. The van der Waals surface area contributed by atoms with Crippen molar-refractivity contribution in [1.29, 1.82) is 5.26 Å². The Morgan fingerprint density at radius 2 is 1.89 bits per heavy atom. The largest absolute Gasteiger partial charge is 0.489 e. The van der Waals surface area contributed by atoms with Crippen LogP contribution in [0.25, 0.3) is 0 Å². The molecule has 0 saturated heterocycles. The van der Waals surface area contributed by atoms with Crippen LogP contribution in [0.15, 0.2) is 59.8 Å². The predicted molar refractivity (Wildman–Crippen MR) is 156 cm³/mol. The van der Waals surface area contributed by atoms with Crippen LogP contribution in [-0.2, 0) is 23.9 Å². The quantitative estimate of drug-likeness (QED) is 0.0835. The highest BCUT2D eigenvalue weighted by Crippen LogP contribution is 2.49. The van der Waals surface area contributed by atoms with Crippen LogP contribution in [0.1, 0.15) is 30.9 Å². The molecular weight excluding hydrogens is 574 g/mol. The second-order valence-electron chi connectivity index (χ2n) is 10.1. The van der Waals surface area contributed by atoms with Crippen molar-refractivity contribution in [3.8, 4) is 11.8 Å². The lowest BCUT2D eigenvalue weighted by molar-refractivity contribution is -0.384. The number of aliphatic hydroxyl groups excluding tert-OH is 1. The Balaban J connectivity index is 1.81. The molecule has 1 aliphatic rings. The van der Waals surface area contributed by atoms with Crippen LogP contribution >= 0.6 is 0 Å². The number of rotatable bonds is 13. The van der Waals surface area contributed by atoms with Crippen molar-refractivity contribution in [1.82, 2.24) is 16.0 Å². The molecule has 0 spiro atoms. The minimum atomic E-state index is -2.07. The Morgan fingerprint density at radius 3 is 2.55 bits per heavy atom. The van der Waals surface area contributed by atoms with Gasteiger partial charge in [0.2, 0.25) is 5.91 Å². The van der Waals surface area contributed by atoms with Gasteiger partial charge in [-0.3, -0.25) is 19.7 Å². The lowest BCUT2D eigenvalue weighted by Crippen LogP contribution is -2.64. The van der Waals surface area contributed by atoms with Gasteiger partial charge >= 0.3 is 11.9 Å². The molecule has 4 N–H and O–H groups in total. The van der Waals surface area contributed by atoms with Gasteiger partial charge in [-0.2, -0.15) is 5.26 Å². The zero-order valence-corrected chi connectivity index (χ0v) is 24.8. The summed E-state index contributed by atoms with van der Waals surface area (Å²) >= 11 is 0. The van der Waals surface area contributed by atoms with Crippen LogP contribution in [0.3, 0.4) is 0 Å². The van der Waals surface area contributed by atoms with E-state index in [-0.39, 0.29) is 43.1 Å². The molecule has 1 aliphatic heterocycles. The van der Waals surface area contributed by atoms with Crippen molar-refractivity contribution >= 4 is 23.5 Å². The van der Waals surface area contributed by atoms with E-state index in [9.17, 15) is 29.6 Å². The van der Waals surface area contributed by atoms with E-state index in [1.165, 1.54) is 24.3 Å². The standard InChI is InChI=1S/C30H35N5O9/c1-18-25(27(37)42-3)26(20-9-7-10-22(14-20)35(40)41)30(19(2)34-18,29(39)43-4)28(38)33-13-12-32-16-23(36)17-44-24-11-6-5-8-21(24)15-31/h5-11,14,19,23,26,32,34,36H,12-13,16-17H2,1-4H3,(H,33,38). The summed E-state index contributed by atoms with van der Waals surface area (Å²) in [4.78, 5) is 51.7. The third kappa shape index (κ3) is 6.96. The van der Waals surface area contributed by atoms with Crippen molar-refractivity contribution in [2.24, 2.45) is 5.41 Å². The van der Waals surface area contributed by atoms with Gasteiger partial charge in [0.15, 0.2) is 5.41 Å². The first kappa shape index (κ1) is 33.5. The SMILES string of the molecule is COC(=O)C1=C(C)NC(C)C(C(=O)NCCNCC(O)COc2ccccc2C#N)(C(=O)OC)C1c1cccc([N+](=O)[O-])c1. The van der Waals surface area contributed by atoms with Crippen molar-refractivity contribution in [3.63, 3.8) is 0 Å². The minimum Gasteiger partial charge on any atom is -0.489 e. The smallest absolute Gasteiger partial charge is 0.336 e. The summed E-state index contributed by atoms with van der Waals surface area (Å²) in [5.74, 6) is -3.53. The number of para-hydroxylation sites is 1. The number of nitro groups is 1. The number of non-ortho nitro benzene ring substituents is 1. The summed E-state index contributed by atoms with van der Waals surface area (Å²) in [6.07, 6.45) is -0.935. The molecule has 0 bridgehead atoms. The number of nitriles is 1. The lowest BCUT2D eigenvalue weighted by atomic mass is 9.61. The maximum Gasteiger partial charge on any atom is 0.336 e. The molecule has 2 aromatic carbocycles. The second kappa shape index (κ2) is 14.9. The van der Waals surface area contributed by atoms with Gasteiger partial charge < -0.3 is 35.3 Å². The molecule has 4 unspecified atom stereocenters. The molecule has 1 heterocycles. The predicted octanol–water partition coefficient (Wildman–Crippen LogP) is 1.29. The topological polar surface area (TPSA) is 202 Å². The van der Waals surface area contributed by atoms with Crippen LogP contribution in [0, 0.1) is 26.9 Å². The fraction of sp³-hybridized carbons (Fsp3) is 0.400. The van der Waals surface area contributed by atoms with Gasteiger partial charge in [0.25, 0.3) is 5.69 Å². The Morgan fingerprint density at radius 1 is 1.16 bits per heavy atom. The summed E-state index contributed by atoms with van der Waals surface area (Å²) in [6, 6.07) is 13.1.